The summed E-state index contributed by atoms with van der Waals surface area (Å²) < 4.78 is 6.48. The molecule has 1 rings (SSSR count). The van der Waals surface area contributed by atoms with Crippen molar-refractivity contribution in [3.8, 4) is 0 Å². The highest BCUT2D eigenvalue weighted by atomic mass is 16.5. The third-order valence-corrected chi connectivity index (χ3v) is 2.49. The predicted molar refractivity (Wildman–Crippen MR) is 60.1 cm³/mol. The van der Waals surface area contributed by atoms with Crippen LogP contribution in [0.3, 0.4) is 0 Å². The lowest BCUT2D eigenvalue weighted by molar-refractivity contribution is -0.141. The summed E-state index contributed by atoms with van der Waals surface area (Å²) in [6.07, 6.45) is 1.96. The van der Waals surface area contributed by atoms with E-state index in [0.29, 0.717) is 6.42 Å². The molecule has 0 fully saturated rings. The average molecular weight is 225 g/mol. The molecule has 0 N–H and O–H groups in total. The number of rotatable bonds is 5. The lowest BCUT2D eigenvalue weighted by Gasteiger charge is -2.12. The maximum Gasteiger partial charge on any atom is 0.307 e. The van der Waals surface area contributed by atoms with Crippen LogP contribution in [0.15, 0.2) is 0 Å². The summed E-state index contributed by atoms with van der Waals surface area (Å²) in [7, 11) is 1.40. The minimum absolute atomic E-state index is 0.00444. The van der Waals surface area contributed by atoms with Gasteiger partial charge in [-0.2, -0.15) is 5.10 Å². The van der Waals surface area contributed by atoms with E-state index >= 15 is 0 Å². The minimum atomic E-state index is -0.219. The van der Waals surface area contributed by atoms with E-state index in [4.69, 9.17) is 0 Å². The standard InChI is InChI=1S/C11H19N3O2/c1-5-9-12-10(6-2)14(13-9)8(3)7-11(15)16-4/h8H,5-7H2,1-4H3. The number of hydrogen-bond donors (Lipinski definition) is 0. The van der Waals surface area contributed by atoms with Gasteiger partial charge >= 0.3 is 5.97 Å². The van der Waals surface area contributed by atoms with E-state index in [-0.39, 0.29) is 12.0 Å². The Hall–Kier alpha value is -1.39. The van der Waals surface area contributed by atoms with Crippen LogP contribution >= 0.6 is 0 Å². The molecule has 1 aromatic heterocycles. The number of carbonyl (C=O) groups is 1. The van der Waals surface area contributed by atoms with Crippen LogP contribution in [0.2, 0.25) is 0 Å². The molecule has 0 spiro atoms. The zero-order chi connectivity index (χ0) is 12.1. The molecule has 0 radical (unpaired) electrons. The van der Waals surface area contributed by atoms with Crippen molar-refractivity contribution in [2.45, 2.75) is 46.1 Å². The van der Waals surface area contributed by atoms with Gasteiger partial charge in [0, 0.05) is 12.8 Å². The lowest BCUT2D eigenvalue weighted by atomic mass is 10.2. The Kier molecular flexibility index (Phi) is 4.46. The van der Waals surface area contributed by atoms with Gasteiger partial charge in [0.2, 0.25) is 0 Å². The molecule has 5 nitrogen and oxygen atoms in total. The highest BCUT2D eigenvalue weighted by molar-refractivity contribution is 5.69. The molecule has 0 aromatic carbocycles. The van der Waals surface area contributed by atoms with E-state index in [1.807, 2.05) is 25.5 Å². The van der Waals surface area contributed by atoms with Crippen LogP contribution in [-0.4, -0.2) is 27.8 Å². The fourth-order valence-corrected chi connectivity index (χ4v) is 1.56. The fourth-order valence-electron chi connectivity index (χ4n) is 1.56. The molecule has 0 amide bonds. The number of carbonyl (C=O) groups excluding carboxylic acids is 1. The Bertz CT molecular complexity index is 360. The third-order valence-electron chi connectivity index (χ3n) is 2.49. The number of methoxy groups -OCH3 is 1. The zero-order valence-corrected chi connectivity index (χ0v) is 10.4. The van der Waals surface area contributed by atoms with Crippen molar-refractivity contribution in [3.05, 3.63) is 11.6 Å². The molecule has 16 heavy (non-hydrogen) atoms. The number of aromatic nitrogens is 3. The maximum absolute atomic E-state index is 11.2. The van der Waals surface area contributed by atoms with Crippen molar-refractivity contribution in [1.82, 2.24) is 14.8 Å². The molecular weight excluding hydrogens is 206 g/mol. The predicted octanol–water partition coefficient (Wildman–Crippen LogP) is 1.53. The van der Waals surface area contributed by atoms with Gasteiger partial charge in [0.15, 0.2) is 5.82 Å². The average Bonchev–Trinajstić information content (AvgIpc) is 2.71. The molecule has 1 unspecified atom stereocenters. The van der Waals surface area contributed by atoms with Crippen molar-refractivity contribution >= 4 is 5.97 Å². The van der Waals surface area contributed by atoms with Crippen LogP contribution in [-0.2, 0) is 22.4 Å². The first-order valence-corrected chi connectivity index (χ1v) is 5.63. The Morgan fingerprint density at radius 3 is 2.62 bits per heavy atom. The van der Waals surface area contributed by atoms with Crippen molar-refractivity contribution < 1.29 is 9.53 Å². The summed E-state index contributed by atoms with van der Waals surface area (Å²) in [5.74, 6) is 1.53. The van der Waals surface area contributed by atoms with Gasteiger partial charge in [0.05, 0.1) is 19.6 Å². The maximum atomic E-state index is 11.2. The van der Waals surface area contributed by atoms with Gasteiger partial charge in [-0.1, -0.05) is 13.8 Å². The van der Waals surface area contributed by atoms with Crippen LogP contribution in [0.25, 0.3) is 0 Å². The van der Waals surface area contributed by atoms with Gasteiger partial charge in [0.1, 0.15) is 5.82 Å². The summed E-state index contributed by atoms with van der Waals surface area (Å²) in [6.45, 7) is 6.00. The largest absolute Gasteiger partial charge is 0.469 e. The normalized spacial score (nSPS) is 12.5. The summed E-state index contributed by atoms with van der Waals surface area (Å²) >= 11 is 0. The van der Waals surface area contributed by atoms with Crippen LogP contribution in [0.1, 0.15) is 44.9 Å². The smallest absolute Gasteiger partial charge is 0.307 e. The monoisotopic (exact) mass is 225 g/mol. The van der Waals surface area contributed by atoms with Crippen LogP contribution in [0.4, 0.5) is 0 Å². The first-order valence-electron chi connectivity index (χ1n) is 5.63. The molecule has 0 bridgehead atoms. The second kappa shape index (κ2) is 5.63. The number of nitrogens with zero attached hydrogens (tertiary/aromatic N) is 3. The quantitative estimate of drug-likeness (QED) is 0.713. The number of hydrogen-bond acceptors (Lipinski definition) is 4. The molecule has 90 valence electrons. The van der Waals surface area contributed by atoms with E-state index in [2.05, 4.69) is 14.8 Å². The molecule has 0 aliphatic heterocycles. The van der Waals surface area contributed by atoms with Crippen LogP contribution < -0.4 is 0 Å². The Labute approximate surface area is 95.8 Å². The molecular formula is C11H19N3O2. The Balaban J connectivity index is 2.84. The van der Waals surface area contributed by atoms with E-state index in [0.717, 1.165) is 24.5 Å². The molecule has 0 saturated carbocycles. The van der Waals surface area contributed by atoms with Crippen molar-refractivity contribution in [1.29, 1.82) is 0 Å². The Morgan fingerprint density at radius 2 is 2.12 bits per heavy atom. The second-order valence-corrected chi connectivity index (χ2v) is 3.73. The van der Waals surface area contributed by atoms with E-state index in [9.17, 15) is 4.79 Å². The van der Waals surface area contributed by atoms with E-state index < -0.39 is 0 Å². The highest BCUT2D eigenvalue weighted by Crippen LogP contribution is 2.13. The second-order valence-electron chi connectivity index (χ2n) is 3.73. The summed E-state index contributed by atoms with van der Waals surface area (Å²) in [6, 6.07) is -0.00444. The number of ether oxygens (including phenoxy) is 1. The minimum Gasteiger partial charge on any atom is -0.469 e. The molecule has 0 aliphatic carbocycles. The van der Waals surface area contributed by atoms with Crippen LogP contribution in [0, 0.1) is 0 Å². The first kappa shape index (κ1) is 12.7. The Morgan fingerprint density at radius 1 is 1.44 bits per heavy atom. The van der Waals surface area contributed by atoms with Gasteiger partial charge in [-0.25, -0.2) is 9.67 Å². The van der Waals surface area contributed by atoms with Crippen LogP contribution in [0.5, 0.6) is 0 Å². The van der Waals surface area contributed by atoms with Crippen molar-refractivity contribution in [3.63, 3.8) is 0 Å². The van der Waals surface area contributed by atoms with Gasteiger partial charge in [-0.05, 0) is 6.92 Å². The topological polar surface area (TPSA) is 57.0 Å². The zero-order valence-electron chi connectivity index (χ0n) is 10.4. The van der Waals surface area contributed by atoms with Crippen molar-refractivity contribution in [2.24, 2.45) is 0 Å². The molecule has 0 aliphatic rings. The van der Waals surface area contributed by atoms with E-state index in [1.54, 1.807) is 0 Å². The molecule has 5 heteroatoms. The number of esters is 1. The highest BCUT2D eigenvalue weighted by Gasteiger charge is 2.16. The van der Waals surface area contributed by atoms with Gasteiger partial charge in [-0.3, -0.25) is 4.79 Å². The summed E-state index contributed by atoms with van der Waals surface area (Å²) in [5.41, 5.74) is 0. The van der Waals surface area contributed by atoms with Gasteiger partial charge < -0.3 is 4.74 Å². The summed E-state index contributed by atoms with van der Waals surface area (Å²) in [5, 5.41) is 4.38. The molecule has 0 saturated heterocycles. The van der Waals surface area contributed by atoms with Gasteiger partial charge in [-0.15, -0.1) is 0 Å². The molecule has 1 heterocycles. The summed E-state index contributed by atoms with van der Waals surface area (Å²) in [4.78, 5) is 15.6. The van der Waals surface area contributed by atoms with E-state index in [1.165, 1.54) is 7.11 Å². The SMILES string of the molecule is CCc1nc(CC)n(C(C)CC(=O)OC)n1. The first-order chi connectivity index (χ1) is 7.62. The number of aryl methyl sites for hydroxylation is 2. The van der Waals surface area contributed by atoms with Gasteiger partial charge in [0.25, 0.3) is 0 Å². The lowest BCUT2D eigenvalue weighted by Crippen LogP contribution is -2.15. The fraction of sp³-hybridized carbons (Fsp3) is 0.727. The molecule has 1 atom stereocenters. The third kappa shape index (κ3) is 2.81. The van der Waals surface area contributed by atoms with Crippen molar-refractivity contribution in [2.75, 3.05) is 7.11 Å². The molecule has 1 aromatic rings.